The zero-order chi connectivity index (χ0) is 14.3. The second-order valence-corrected chi connectivity index (χ2v) is 5.25. The third kappa shape index (κ3) is 2.02. The molecule has 1 amide bonds. The second-order valence-electron chi connectivity index (χ2n) is 5.25. The molecule has 2 aliphatic rings. The fourth-order valence-electron chi connectivity index (χ4n) is 3.11. The largest absolute Gasteiger partial charge is 0.512 e. The van der Waals surface area contributed by atoms with Gasteiger partial charge in [0.2, 0.25) is 0 Å². The molecule has 0 spiro atoms. The number of carbonyl (C=O) groups is 2. The molecule has 6 heteroatoms. The number of primary amides is 1. The summed E-state index contributed by atoms with van der Waals surface area (Å²) in [6.45, 7) is 0. The Morgan fingerprint density at radius 3 is 2.58 bits per heavy atom. The number of amides is 1. The average molecular weight is 266 g/mol. The number of rotatable bonds is 2. The van der Waals surface area contributed by atoms with Crippen molar-refractivity contribution in [1.29, 1.82) is 0 Å². The summed E-state index contributed by atoms with van der Waals surface area (Å²) in [7, 11) is 3.50. The lowest BCUT2D eigenvalue weighted by Gasteiger charge is -2.41. The summed E-state index contributed by atoms with van der Waals surface area (Å²) in [4.78, 5) is 25.4. The molecule has 2 aliphatic carbocycles. The number of likely N-dealkylation sites (N-methyl/N-ethyl adjacent to an activating group) is 1. The number of nitrogens with zero attached hydrogens (tertiary/aromatic N) is 1. The molecule has 0 saturated heterocycles. The molecule has 0 fully saturated rings. The molecule has 6 nitrogen and oxygen atoms in total. The van der Waals surface area contributed by atoms with Crippen molar-refractivity contribution in [1.82, 2.24) is 4.90 Å². The van der Waals surface area contributed by atoms with Gasteiger partial charge in [-0.05, 0) is 38.9 Å². The van der Waals surface area contributed by atoms with E-state index in [0.717, 1.165) is 0 Å². The van der Waals surface area contributed by atoms with E-state index in [-0.39, 0.29) is 23.0 Å². The summed E-state index contributed by atoms with van der Waals surface area (Å²) in [5.41, 5.74) is 4.79. The molecule has 3 atom stereocenters. The number of carbonyl (C=O) groups excluding carboxylic acids is 2. The van der Waals surface area contributed by atoms with Gasteiger partial charge in [-0.15, -0.1) is 0 Å². The maximum absolute atomic E-state index is 12.3. The number of hydrogen-bond acceptors (Lipinski definition) is 5. The van der Waals surface area contributed by atoms with Gasteiger partial charge in [-0.3, -0.25) is 14.5 Å². The number of aliphatic hydroxyl groups is 2. The van der Waals surface area contributed by atoms with Gasteiger partial charge < -0.3 is 15.9 Å². The van der Waals surface area contributed by atoms with Gasteiger partial charge >= 0.3 is 0 Å². The van der Waals surface area contributed by atoms with E-state index in [9.17, 15) is 19.8 Å². The average Bonchev–Trinajstić information content (AvgIpc) is 2.27. The third-order valence-electron chi connectivity index (χ3n) is 3.87. The van der Waals surface area contributed by atoms with Crippen LogP contribution in [0.2, 0.25) is 0 Å². The van der Waals surface area contributed by atoms with Crippen LogP contribution >= 0.6 is 0 Å². The highest BCUT2D eigenvalue weighted by Crippen LogP contribution is 2.41. The number of Topliss-reactive ketones (excluding diaryl/α,β-unsaturated/α-hetero) is 1. The fraction of sp³-hybridized carbons (Fsp3) is 0.538. The second kappa shape index (κ2) is 4.70. The van der Waals surface area contributed by atoms with E-state index >= 15 is 0 Å². The van der Waals surface area contributed by atoms with E-state index in [2.05, 4.69) is 0 Å². The minimum absolute atomic E-state index is 0.0284. The quantitative estimate of drug-likeness (QED) is 0.622. The molecule has 2 rings (SSSR count). The van der Waals surface area contributed by atoms with E-state index in [0.29, 0.717) is 12.8 Å². The first-order valence-electron chi connectivity index (χ1n) is 6.18. The van der Waals surface area contributed by atoms with E-state index in [1.807, 2.05) is 0 Å². The van der Waals surface area contributed by atoms with E-state index in [4.69, 9.17) is 5.73 Å². The molecule has 19 heavy (non-hydrogen) atoms. The number of nitrogens with two attached hydrogens (primary N) is 1. The standard InChI is InChI=1S/C13H18N2O4/c1-15(2)10-6-4-3-5-7(16)8(6)11(17)9(12(10)18)13(14)19/h5-6,8,10,16,18H,3-4H2,1-2H3,(H2,14,19). The topological polar surface area (TPSA) is 104 Å². The van der Waals surface area contributed by atoms with Crippen molar-refractivity contribution in [3.63, 3.8) is 0 Å². The van der Waals surface area contributed by atoms with Gasteiger partial charge in [-0.2, -0.15) is 0 Å². The molecule has 0 aliphatic heterocycles. The summed E-state index contributed by atoms with van der Waals surface area (Å²) >= 11 is 0. The molecule has 3 unspecified atom stereocenters. The monoisotopic (exact) mass is 266 g/mol. The molecule has 0 bridgehead atoms. The highest BCUT2D eigenvalue weighted by molar-refractivity contribution is 6.21. The Labute approximate surface area is 111 Å². The Balaban J connectivity index is 2.58. The van der Waals surface area contributed by atoms with Crippen LogP contribution in [0, 0.1) is 11.8 Å². The first-order valence-corrected chi connectivity index (χ1v) is 6.18. The maximum Gasteiger partial charge on any atom is 0.255 e. The molecule has 0 heterocycles. The predicted molar refractivity (Wildman–Crippen MR) is 68.3 cm³/mol. The maximum atomic E-state index is 12.3. The summed E-state index contributed by atoms with van der Waals surface area (Å²) in [6.07, 6.45) is 2.90. The lowest BCUT2D eigenvalue weighted by atomic mass is 9.69. The number of fused-ring (bicyclic) bond motifs is 1. The van der Waals surface area contributed by atoms with Crippen molar-refractivity contribution >= 4 is 11.7 Å². The summed E-state index contributed by atoms with van der Waals surface area (Å²) < 4.78 is 0. The zero-order valence-electron chi connectivity index (χ0n) is 11.0. The first-order chi connectivity index (χ1) is 8.86. The molecule has 0 saturated carbocycles. The van der Waals surface area contributed by atoms with Crippen LogP contribution in [0.15, 0.2) is 23.2 Å². The van der Waals surface area contributed by atoms with Gasteiger partial charge in [0.1, 0.15) is 11.3 Å². The molecular weight excluding hydrogens is 248 g/mol. The smallest absolute Gasteiger partial charge is 0.255 e. The molecular formula is C13H18N2O4. The Bertz CT molecular complexity index is 493. The normalized spacial score (nSPS) is 31.2. The lowest BCUT2D eigenvalue weighted by molar-refractivity contribution is -0.127. The van der Waals surface area contributed by atoms with Gasteiger partial charge in [0.05, 0.1) is 17.7 Å². The Morgan fingerprint density at radius 1 is 1.42 bits per heavy atom. The molecule has 4 N–H and O–H groups in total. The van der Waals surface area contributed by atoms with Gasteiger partial charge in [0.25, 0.3) is 5.91 Å². The molecule has 0 aromatic rings. The molecule has 104 valence electrons. The SMILES string of the molecule is CN(C)C1C(O)=C(C(N)=O)C(=O)C2C(O)=CCCC21. The van der Waals surface area contributed by atoms with Crippen LogP contribution in [-0.2, 0) is 9.59 Å². The summed E-state index contributed by atoms with van der Waals surface area (Å²) in [6, 6.07) is -0.485. The van der Waals surface area contributed by atoms with Crippen LogP contribution in [0.4, 0.5) is 0 Å². The Morgan fingerprint density at radius 2 is 2.05 bits per heavy atom. The Hall–Kier alpha value is -1.82. The van der Waals surface area contributed by atoms with E-state index < -0.39 is 23.7 Å². The number of aliphatic hydroxyl groups excluding tert-OH is 2. The van der Waals surface area contributed by atoms with Crippen LogP contribution in [0.1, 0.15) is 12.8 Å². The lowest BCUT2D eigenvalue weighted by Crippen LogP contribution is -2.50. The van der Waals surface area contributed by atoms with E-state index in [1.54, 1.807) is 25.1 Å². The van der Waals surface area contributed by atoms with Gasteiger partial charge in [0, 0.05) is 0 Å². The third-order valence-corrected chi connectivity index (χ3v) is 3.87. The number of allylic oxidation sites excluding steroid dienone is 2. The zero-order valence-corrected chi connectivity index (χ0v) is 11.0. The van der Waals surface area contributed by atoms with Crippen molar-refractivity contribution in [2.75, 3.05) is 14.1 Å². The van der Waals surface area contributed by atoms with Gasteiger partial charge in [-0.25, -0.2) is 0 Å². The number of ketones is 1. The van der Waals surface area contributed by atoms with Crippen molar-refractivity contribution < 1.29 is 19.8 Å². The van der Waals surface area contributed by atoms with Crippen LogP contribution in [0.3, 0.4) is 0 Å². The van der Waals surface area contributed by atoms with Crippen molar-refractivity contribution in [2.45, 2.75) is 18.9 Å². The fourth-order valence-corrected chi connectivity index (χ4v) is 3.11. The predicted octanol–water partition coefficient (Wildman–Crippen LogP) is 0.265. The summed E-state index contributed by atoms with van der Waals surface area (Å²) in [5.74, 6) is -2.86. The van der Waals surface area contributed by atoms with Crippen LogP contribution in [-0.4, -0.2) is 46.9 Å². The van der Waals surface area contributed by atoms with Crippen LogP contribution in [0.5, 0.6) is 0 Å². The van der Waals surface area contributed by atoms with Crippen molar-refractivity contribution in [2.24, 2.45) is 17.6 Å². The Kier molecular flexibility index (Phi) is 3.36. The molecule has 0 aromatic carbocycles. The van der Waals surface area contributed by atoms with Gasteiger partial charge in [0.15, 0.2) is 5.78 Å². The van der Waals surface area contributed by atoms with Gasteiger partial charge in [-0.1, -0.05) is 0 Å². The minimum atomic E-state index is -0.953. The van der Waals surface area contributed by atoms with Crippen LogP contribution < -0.4 is 5.73 Å². The minimum Gasteiger partial charge on any atom is -0.512 e. The highest BCUT2D eigenvalue weighted by atomic mass is 16.3. The molecule has 0 radical (unpaired) electrons. The highest BCUT2D eigenvalue weighted by Gasteiger charge is 2.48. The molecule has 0 aromatic heterocycles. The first kappa shape index (κ1) is 13.6. The summed E-state index contributed by atoms with van der Waals surface area (Å²) in [5, 5.41) is 20.1. The number of hydrogen-bond donors (Lipinski definition) is 3. The van der Waals surface area contributed by atoms with E-state index in [1.165, 1.54) is 0 Å². The van der Waals surface area contributed by atoms with Crippen molar-refractivity contribution in [3.8, 4) is 0 Å². The van der Waals surface area contributed by atoms with Crippen LogP contribution in [0.25, 0.3) is 0 Å². The van der Waals surface area contributed by atoms with Crippen molar-refractivity contribution in [3.05, 3.63) is 23.2 Å².